The first kappa shape index (κ1) is 26.0. The topological polar surface area (TPSA) is 116 Å². The molecule has 0 fully saturated rings. The van der Waals surface area contributed by atoms with E-state index in [0.717, 1.165) is 0 Å². The second-order valence-electron chi connectivity index (χ2n) is 8.27. The number of amides is 2. The molecule has 0 spiro atoms. The van der Waals surface area contributed by atoms with Gasteiger partial charge in [-0.15, -0.1) is 0 Å². The normalized spacial score (nSPS) is 13.6. The highest BCUT2D eigenvalue weighted by molar-refractivity contribution is 6.29. The molecular weight excluding hydrogens is 554 g/mol. The minimum atomic E-state index is -5.11. The number of aromatic amines is 1. The summed E-state index contributed by atoms with van der Waals surface area (Å²) < 4.78 is 83.1. The number of nitrogens with one attached hydrogen (secondary N) is 4. The highest BCUT2D eigenvalue weighted by atomic mass is 35.5. The maximum atomic E-state index is 14.3. The third kappa shape index (κ3) is 4.52. The van der Waals surface area contributed by atoms with Crippen LogP contribution >= 0.6 is 11.6 Å². The SMILES string of the molecule is N=C/C(=C\c1[nH]c(Cl)cc1C(F)(F)F)NC(=O)c1cnn(-c2ccc3c4c(cccc24)C(=O)N3)c1C(F)(F)F. The van der Waals surface area contributed by atoms with Crippen LogP contribution in [0.3, 0.4) is 0 Å². The Balaban J connectivity index is 1.58. The summed E-state index contributed by atoms with van der Waals surface area (Å²) in [5.41, 5.74) is -4.21. The van der Waals surface area contributed by atoms with Gasteiger partial charge in [0.25, 0.3) is 11.8 Å². The fraction of sp³-hybridized carbons (Fsp3) is 0.0833. The fourth-order valence-corrected chi connectivity index (χ4v) is 4.49. The van der Waals surface area contributed by atoms with Crippen molar-refractivity contribution in [3.05, 3.63) is 81.5 Å². The standard InChI is InChI=1S/C24H13ClF6N6O2/c25-18-7-14(23(26,27)28)16(35-18)6-10(8-32)34-22(39)13-9-33-37(20(13)24(29,30)31)17-5-4-15-19-11(17)2-1-3-12(19)21(38)36-15/h1-9,32,35H,(H,34,39)(H,36,38)/b10-6+,32-8?. The molecule has 0 atom stereocenters. The third-order valence-electron chi connectivity index (χ3n) is 5.85. The lowest BCUT2D eigenvalue weighted by Gasteiger charge is -2.15. The van der Waals surface area contributed by atoms with Crippen molar-refractivity contribution >= 4 is 52.2 Å². The van der Waals surface area contributed by atoms with Crippen molar-refractivity contribution in [3.8, 4) is 5.69 Å². The first-order valence-electron chi connectivity index (χ1n) is 10.8. The minimum absolute atomic E-state index is 0.0721. The van der Waals surface area contributed by atoms with Crippen LogP contribution in [0.2, 0.25) is 5.15 Å². The number of carbonyl (C=O) groups is 2. The molecule has 15 heteroatoms. The van der Waals surface area contributed by atoms with E-state index in [1.807, 2.05) is 5.32 Å². The average Bonchev–Trinajstić information content (AvgIpc) is 3.55. The van der Waals surface area contributed by atoms with E-state index in [9.17, 15) is 35.9 Å². The van der Waals surface area contributed by atoms with Crippen LogP contribution in [-0.4, -0.2) is 32.8 Å². The molecule has 0 saturated carbocycles. The number of hydrogen-bond donors (Lipinski definition) is 4. The molecule has 4 aromatic rings. The number of halogens is 7. The summed E-state index contributed by atoms with van der Waals surface area (Å²) in [4.78, 5) is 27.3. The van der Waals surface area contributed by atoms with Crippen molar-refractivity contribution < 1.29 is 35.9 Å². The van der Waals surface area contributed by atoms with Gasteiger partial charge >= 0.3 is 12.4 Å². The largest absolute Gasteiger partial charge is 0.434 e. The van der Waals surface area contributed by atoms with E-state index in [1.54, 1.807) is 0 Å². The van der Waals surface area contributed by atoms with Gasteiger partial charge in [0, 0.05) is 28.2 Å². The van der Waals surface area contributed by atoms with Gasteiger partial charge in [-0.25, -0.2) is 4.68 Å². The van der Waals surface area contributed by atoms with Crippen LogP contribution in [0.4, 0.5) is 32.0 Å². The van der Waals surface area contributed by atoms with Crippen molar-refractivity contribution in [3.63, 3.8) is 0 Å². The van der Waals surface area contributed by atoms with Crippen LogP contribution in [0.5, 0.6) is 0 Å². The molecule has 0 radical (unpaired) electrons. The van der Waals surface area contributed by atoms with Crippen molar-refractivity contribution in [2.45, 2.75) is 12.4 Å². The zero-order chi connectivity index (χ0) is 28.3. The summed E-state index contributed by atoms with van der Waals surface area (Å²) in [6, 6.07) is 7.79. The van der Waals surface area contributed by atoms with Crippen molar-refractivity contribution in [2.75, 3.05) is 5.32 Å². The summed E-state index contributed by atoms with van der Waals surface area (Å²) in [7, 11) is 0. The summed E-state index contributed by atoms with van der Waals surface area (Å²) in [6.45, 7) is 0. The molecular formula is C24H13ClF6N6O2. The van der Waals surface area contributed by atoms with E-state index in [1.165, 1.54) is 30.3 Å². The lowest BCUT2D eigenvalue weighted by Crippen LogP contribution is -2.27. The van der Waals surface area contributed by atoms with Gasteiger partial charge in [-0.05, 0) is 30.3 Å². The summed E-state index contributed by atoms with van der Waals surface area (Å²) >= 11 is 5.62. The number of benzene rings is 2. The molecule has 5 rings (SSSR count). The van der Waals surface area contributed by atoms with Gasteiger partial charge in [0.05, 0.1) is 34.4 Å². The maximum absolute atomic E-state index is 14.3. The molecule has 2 aromatic carbocycles. The molecule has 0 saturated heterocycles. The Morgan fingerprint density at radius 2 is 1.85 bits per heavy atom. The number of rotatable bonds is 5. The van der Waals surface area contributed by atoms with Crippen molar-refractivity contribution in [1.29, 1.82) is 5.41 Å². The molecule has 2 aromatic heterocycles. The Morgan fingerprint density at radius 1 is 1.10 bits per heavy atom. The molecule has 0 aliphatic carbocycles. The van der Waals surface area contributed by atoms with E-state index in [4.69, 9.17) is 17.0 Å². The van der Waals surface area contributed by atoms with Gasteiger partial charge in [-0.1, -0.05) is 23.7 Å². The third-order valence-corrected chi connectivity index (χ3v) is 6.06. The van der Waals surface area contributed by atoms with Gasteiger partial charge in [-0.2, -0.15) is 31.4 Å². The predicted molar refractivity (Wildman–Crippen MR) is 129 cm³/mol. The quantitative estimate of drug-likeness (QED) is 0.175. The Kier molecular flexibility index (Phi) is 6.01. The number of nitrogens with zero attached hydrogens (tertiary/aromatic N) is 2. The van der Waals surface area contributed by atoms with Gasteiger partial charge in [-0.3, -0.25) is 9.59 Å². The average molecular weight is 567 g/mol. The zero-order valence-electron chi connectivity index (χ0n) is 19.1. The summed E-state index contributed by atoms with van der Waals surface area (Å²) in [6.07, 6.45) is -8.12. The van der Waals surface area contributed by atoms with Crippen LogP contribution in [-0.2, 0) is 12.4 Å². The Morgan fingerprint density at radius 3 is 2.51 bits per heavy atom. The molecule has 8 nitrogen and oxygen atoms in total. The number of allylic oxidation sites excluding steroid dienone is 1. The van der Waals surface area contributed by atoms with Crippen molar-refractivity contribution in [2.24, 2.45) is 0 Å². The van der Waals surface area contributed by atoms with E-state index in [-0.39, 0.29) is 21.8 Å². The number of anilines is 1. The molecule has 1 aliphatic rings. The molecule has 0 bridgehead atoms. The van der Waals surface area contributed by atoms with Crippen molar-refractivity contribution in [1.82, 2.24) is 20.1 Å². The number of aromatic nitrogens is 3. The van der Waals surface area contributed by atoms with Crippen LogP contribution in [0.1, 0.15) is 37.7 Å². The number of H-pyrrole nitrogens is 1. The minimum Gasteiger partial charge on any atom is -0.346 e. The number of hydrogen-bond acceptors (Lipinski definition) is 4. The van der Waals surface area contributed by atoms with E-state index in [2.05, 4.69) is 15.4 Å². The van der Waals surface area contributed by atoms with E-state index < -0.39 is 52.4 Å². The lowest BCUT2D eigenvalue weighted by molar-refractivity contribution is -0.143. The lowest BCUT2D eigenvalue weighted by atomic mass is 10.0. The Labute approximate surface area is 218 Å². The molecule has 4 N–H and O–H groups in total. The fourth-order valence-electron chi connectivity index (χ4n) is 4.28. The predicted octanol–water partition coefficient (Wildman–Crippen LogP) is 6.03. The van der Waals surface area contributed by atoms with Crippen LogP contribution in [0.25, 0.3) is 22.5 Å². The molecule has 3 heterocycles. The van der Waals surface area contributed by atoms with E-state index in [0.29, 0.717) is 40.3 Å². The van der Waals surface area contributed by atoms with Gasteiger partial charge in [0.2, 0.25) is 0 Å². The second kappa shape index (κ2) is 9.01. The van der Waals surface area contributed by atoms with E-state index >= 15 is 0 Å². The molecule has 39 heavy (non-hydrogen) atoms. The van der Waals surface area contributed by atoms with Gasteiger partial charge in [0.15, 0.2) is 5.69 Å². The first-order chi connectivity index (χ1) is 18.3. The Hall–Kier alpha value is -4.59. The molecule has 200 valence electrons. The smallest absolute Gasteiger partial charge is 0.346 e. The monoisotopic (exact) mass is 566 g/mol. The maximum Gasteiger partial charge on any atom is 0.434 e. The Bertz CT molecular complexity index is 1720. The molecule has 0 unspecified atom stereocenters. The second-order valence-corrected chi connectivity index (χ2v) is 8.68. The van der Waals surface area contributed by atoms with Gasteiger partial charge in [0.1, 0.15) is 5.15 Å². The molecule has 2 amide bonds. The number of alkyl halides is 6. The highest BCUT2D eigenvalue weighted by Gasteiger charge is 2.41. The highest BCUT2D eigenvalue weighted by Crippen LogP contribution is 2.40. The summed E-state index contributed by atoms with van der Waals surface area (Å²) in [5, 5.41) is 16.1. The zero-order valence-corrected chi connectivity index (χ0v) is 19.8. The van der Waals surface area contributed by atoms with Crippen LogP contribution in [0, 0.1) is 5.41 Å². The number of carbonyl (C=O) groups excluding carboxylic acids is 2. The first-order valence-corrected chi connectivity index (χ1v) is 11.2. The van der Waals surface area contributed by atoms with Gasteiger partial charge < -0.3 is 21.0 Å². The molecule has 1 aliphatic heterocycles. The van der Waals surface area contributed by atoms with Crippen LogP contribution in [0.15, 0.2) is 48.3 Å². The summed E-state index contributed by atoms with van der Waals surface area (Å²) in [5.74, 6) is -1.80. The van der Waals surface area contributed by atoms with Crippen LogP contribution < -0.4 is 10.6 Å².